The molecule has 0 fully saturated rings. The molecular weight excluding hydrogens is 384 g/mol. The lowest BCUT2D eigenvalue weighted by atomic mass is 10.2. The van der Waals surface area contributed by atoms with E-state index in [1.165, 1.54) is 0 Å². The van der Waals surface area contributed by atoms with E-state index >= 15 is 0 Å². The number of benzene rings is 1. The molecule has 5 heteroatoms. The third-order valence-corrected chi connectivity index (χ3v) is 3.82. The van der Waals surface area contributed by atoms with Crippen molar-refractivity contribution >= 4 is 31.9 Å². The summed E-state index contributed by atoms with van der Waals surface area (Å²) in [6.07, 6.45) is 3.57. The van der Waals surface area contributed by atoms with Gasteiger partial charge < -0.3 is 10.1 Å². The van der Waals surface area contributed by atoms with Crippen LogP contribution in [0.2, 0.25) is 0 Å². The molecule has 0 aliphatic carbocycles. The van der Waals surface area contributed by atoms with Crippen molar-refractivity contribution in [3.63, 3.8) is 0 Å². The van der Waals surface area contributed by atoms with Crippen LogP contribution < -0.4 is 10.1 Å². The fraction of sp³-hybridized carbons (Fsp3) is 0.267. The molecule has 0 bridgehead atoms. The lowest BCUT2D eigenvalue weighted by molar-refractivity contribution is 0.299. The molecule has 106 valence electrons. The monoisotopic (exact) mass is 398 g/mol. The molecule has 1 N–H and O–H groups in total. The van der Waals surface area contributed by atoms with Crippen LogP contribution in [0.1, 0.15) is 18.1 Å². The fourth-order valence-corrected chi connectivity index (χ4v) is 2.74. The van der Waals surface area contributed by atoms with Crippen LogP contribution in [0, 0.1) is 0 Å². The van der Waals surface area contributed by atoms with Gasteiger partial charge in [-0.25, -0.2) is 0 Å². The number of nitrogens with zero attached hydrogens (tertiary/aromatic N) is 1. The van der Waals surface area contributed by atoms with Crippen molar-refractivity contribution in [1.82, 2.24) is 10.3 Å². The normalized spacial score (nSPS) is 10.6. The van der Waals surface area contributed by atoms with E-state index in [9.17, 15) is 0 Å². The first kappa shape index (κ1) is 15.5. The summed E-state index contributed by atoms with van der Waals surface area (Å²) >= 11 is 6.96. The Balaban J connectivity index is 2.11. The second-order valence-electron chi connectivity index (χ2n) is 4.31. The number of pyridine rings is 1. The number of hydrogen-bond donors (Lipinski definition) is 1. The van der Waals surface area contributed by atoms with Gasteiger partial charge in [-0.3, -0.25) is 4.98 Å². The Labute approximate surface area is 136 Å². The highest BCUT2D eigenvalue weighted by atomic mass is 79.9. The second-order valence-corrected chi connectivity index (χ2v) is 6.08. The molecule has 0 aliphatic rings. The Morgan fingerprint density at radius 1 is 1.25 bits per heavy atom. The molecule has 2 aromatic rings. The summed E-state index contributed by atoms with van der Waals surface area (Å²) in [6, 6.07) is 8.09. The summed E-state index contributed by atoms with van der Waals surface area (Å²) in [5.74, 6) is 0.883. The van der Waals surface area contributed by atoms with Crippen molar-refractivity contribution in [2.24, 2.45) is 0 Å². The maximum atomic E-state index is 5.96. The molecule has 0 unspecified atom stereocenters. The summed E-state index contributed by atoms with van der Waals surface area (Å²) in [6.45, 7) is 4.31. The molecule has 0 saturated carbocycles. The van der Waals surface area contributed by atoms with E-state index in [1.54, 1.807) is 6.20 Å². The number of halogens is 2. The number of aromatic nitrogens is 1. The standard InChI is InChI=1S/C15H16Br2N2O/c1-2-18-8-12-4-3-5-14(17)15(12)20-10-11-6-13(16)9-19-7-11/h3-7,9,18H,2,8,10H2,1H3. The van der Waals surface area contributed by atoms with Gasteiger partial charge in [-0.15, -0.1) is 0 Å². The number of para-hydroxylation sites is 1. The first-order chi connectivity index (χ1) is 9.70. The van der Waals surface area contributed by atoms with Gasteiger partial charge in [-0.1, -0.05) is 19.1 Å². The predicted molar refractivity (Wildman–Crippen MR) is 87.8 cm³/mol. The molecule has 2 rings (SSSR count). The van der Waals surface area contributed by atoms with Crippen LogP contribution >= 0.6 is 31.9 Å². The topological polar surface area (TPSA) is 34.1 Å². The minimum Gasteiger partial charge on any atom is -0.487 e. The molecule has 20 heavy (non-hydrogen) atoms. The van der Waals surface area contributed by atoms with Crippen molar-refractivity contribution in [2.45, 2.75) is 20.1 Å². The second kappa shape index (κ2) is 7.76. The maximum Gasteiger partial charge on any atom is 0.138 e. The Hall–Kier alpha value is -0.910. The van der Waals surface area contributed by atoms with E-state index in [2.05, 4.69) is 55.2 Å². The first-order valence-corrected chi connectivity index (χ1v) is 7.99. The van der Waals surface area contributed by atoms with Gasteiger partial charge in [-0.2, -0.15) is 0 Å². The largest absolute Gasteiger partial charge is 0.487 e. The zero-order valence-corrected chi connectivity index (χ0v) is 14.4. The van der Waals surface area contributed by atoms with Crippen LogP contribution in [0.3, 0.4) is 0 Å². The average Bonchev–Trinajstić information content (AvgIpc) is 2.44. The van der Waals surface area contributed by atoms with Gasteiger partial charge in [0.2, 0.25) is 0 Å². The van der Waals surface area contributed by atoms with Crippen molar-refractivity contribution in [3.05, 3.63) is 56.7 Å². The van der Waals surface area contributed by atoms with Gasteiger partial charge in [0.1, 0.15) is 12.4 Å². The molecule has 1 aromatic carbocycles. The third-order valence-electron chi connectivity index (χ3n) is 2.76. The van der Waals surface area contributed by atoms with E-state index in [4.69, 9.17) is 4.74 Å². The Bertz CT molecular complexity index is 576. The summed E-state index contributed by atoms with van der Waals surface area (Å²) in [5.41, 5.74) is 2.17. The summed E-state index contributed by atoms with van der Waals surface area (Å²) in [4.78, 5) is 4.14. The molecule has 0 spiro atoms. The molecule has 0 radical (unpaired) electrons. The van der Waals surface area contributed by atoms with Gasteiger partial charge >= 0.3 is 0 Å². The minimum absolute atomic E-state index is 0.494. The van der Waals surface area contributed by atoms with E-state index in [0.29, 0.717) is 6.61 Å². The minimum atomic E-state index is 0.494. The van der Waals surface area contributed by atoms with Crippen LogP contribution in [0.25, 0.3) is 0 Å². The molecule has 0 amide bonds. The lowest BCUT2D eigenvalue weighted by Gasteiger charge is -2.13. The molecular formula is C15H16Br2N2O. The smallest absolute Gasteiger partial charge is 0.138 e. The van der Waals surface area contributed by atoms with Crippen LogP contribution in [0.15, 0.2) is 45.6 Å². The SMILES string of the molecule is CCNCc1cccc(Br)c1OCc1cncc(Br)c1. The van der Waals surface area contributed by atoms with E-state index < -0.39 is 0 Å². The molecule has 1 aromatic heterocycles. The van der Waals surface area contributed by atoms with Crippen molar-refractivity contribution < 1.29 is 4.74 Å². The van der Waals surface area contributed by atoms with Gasteiger partial charge in [0, 0.05) is 34.5 Å². The Morgan fingerprint density at radius 3 is 2.85 bits per heavy atom. The van der Waals surface area contributed by atoms with Crippen LogP contribution in [0.4, 0.5) is 0 Å². The molecule has 0 saturated heterocycles. The Morgan fingerprint density at radius 2 is 2.10 bits per heavy atom. The van der Waals surface area contributed by atoms with Gasteiger partial charge in [-0.05, 0) is 50.5 Å². The number of nitrogens with one attached hydrogen (secondary N) is 1. The number of rotatable bonds is 6. The van der Waals surface area contributed by atoms with Gasteiger partial charge in [0.25, 0.3) is 0 Å². The highest BCUT2D eigenvalue weighted by Gasteiger charge is 2.08. The summed E-state index contributed by atoms with van der Waals surface area (Å²) < 4.78 is 7.88. The summed E-state index contributed by atoms with van der Waals surface area (Å²) in [7, 11) is 0. The van der Waals surface area contributed by atoms with Crippen molar-refractivity contribution in [1.29, 1.82) is 0 Å². The number of ether oxygens (including phenoxy) is 1. The molecule has 0 aliphatic heterocycles. The zero-order chi connectivity index (χ0) is 14.4. The maximum absolute atomic E-state index is 5.96. The lowest BCUT2D eigenvalue weighted by Crippen LogP contribution is -2.13. The van der Waals surface area contributed by atoms with Crippen LogP contribution in [-0.2, 0) is 13.2 Å². The highest BCUT2D eigenvalue weighted by Crippen LogP contribution is 2.30. The average molecular weight is 400 g/mol. The highest BCUT2D eigenvalue weighted by molar-refractivity contribution is 9.10. The molecule has 1 heterocycles. The van der Waals surface area contributed by atoms with Crippen LogP contribution in [-0.4, -0.2) is 11.5 Å². The number of hydrogen-bond acceptors (Lipinski definition) is 3. The summed E-state index contributed by atoms with van der Waals surface area (Å²) in [5, 5.41) is 3.32. The van der Waals surface area contributed by atoms with E-state index in [1.807, 2.05) is 24.4 Å². The quantitative estimate of drug-likeness (QED) is 0.786. The molecule has 0 atom stereocenters. The first-order valence-electron chi connectivity index (χ1n) is 6.41. The fourth-order valence-electron chi connectivity index (χ4n) is 1.80. The molecule has 3 nitrogen and oxygen atoms in total. The van der Waals surface area contributed by atoms with Crippen molar-refractivity contribution in [2.75, 3.05) is 6.54 Å². The van der Waals surface area contributed by atoms with E-state index in [-0.39, 0.29) is 0 Å². The predicted octanol–water partition coefficient (Wildman–Crippen LogP) is 4.30. The Kier molecular flexibility index (Phi) is 6.01. The van der Waals surface area contributed by atoms with Gasteiger partial charge in [0.15, 0.2) is 0 Å². The zero-order valence-electron chi connectivity index (χ0n) is 11.2. The van der Waals surface area contributed by atoms with Gasteiger partial charge in [0.05, 0.1) is 4.47 Å². The van der Waals surface area contributed by atoms with Crippen molar-refractivity contribution in [3.8, 4) is 5.75 Å². The van der Waals surface area contributed by atoms with Crippen LogP contribution in [0.5, 0.6) is 5.75 Å². The third kappa shape index (κ3) is 4.30. The van der Waals surface area contributed by atoms with E-state index in [0.717, 1.165) is 38.9 Å².